The van der Waals surface area contributed by atoms with Gasteiger partial charge in [-0.2, -0.15) is 0 Å². The lowest BCUT2D eigenvalue weighted by molar-refractivity contribution is -0.108. The van der Waals surface area contributed by atoms with Crippen molar-refractivity contribution in [3.05, 3.63) is 160 Å². The van der Waals surface area contributed by atoms with Gasteiger partial charge in [0.25, 0.3) is 17.7 Å². The third-order valence-corrected chi connectivity index (χ3v) is 16.7. The Hall–Kier alpha value is -7.04. The first-order valence-corrected chi connectivity index (χ1v) is 25.8. The van der Waals surface area contributed by atoms with E-state index in [0.717, 1.165) is 106 Å². The van der Waals surface area contributed by atoms with Crippen molar-refractivity contribution >= 4 is 53.9 Å². The zero-order chi connectivity index (χ0) is 56.0. The molecule has 7 aliphatic heterocycles. The first kappa shape index (κ1) is 49.2. The van der Waals surface area contributed by atoms with Gasteiger partial charge in [-0.05, 0) is 158 Å². The molecular weight excluding hydrogens is 933 g/mol. The number of piperidine rings is 3. The molecule has 0 radical (unpaired) electrons. The fourth-order valence-electron chi connectivity index (χ4n) is 12.1. The molecule has 0 aromatic heterocycles. The number of amides is 5. The monoisotopic (exact) mass is 1010 g/mol. The minimum absolute atomic E-state index is 0. The van der Waals surface area contributed by atoms with Crippen LogP contribution in [0.5, 0.6) is 0 Å². The SMILES string of the molecule is CN1CCC2(CC1)CN(C=O)c1ccc(CNC(=O)c3ccccc3C=O)cc12.CN1CCC2(CC1)CN(C=O)c1ccccc12.CN1CCC2(CC1)CNc1ccccc12.O=C1c2ccccc2C(=O)N1CO.[2HH].[2HH].[2H][2H].[2H][2H]. The highest BCUT2D eigenvalue weighted by molar-refractivity contribution is 6.21. The standard InChI is InChI=1S/C23H25N3O3.C14H18N2O.C13H18N2.C9H7NO3.4H2/c1-25-10-8-23(9-11-25)15-26(16-28)21-7-6-17(12-20(21)23)13-24-22(29)19-5-3-2-4-18(19)14-27;1-15-8-6-14(7-9-15)10-16(11-17)13-5-3-2-4-12(13)14;1-15-8-6-13(7-9-15)10-14-12-5-3-2-4-11(12)13;11-5-10-8(12)6-3-1-2-4-7(6)9(10)13;;;;/h2-7,12,14,16H,8-11,13,15H2,1H3,(H,24,29);2-5,11H,6-10H2,1H3;2-5,14H,6-10H2,1H3;1-4,11H,5H2;4*1H/i;;;;2*1+1D;2*1+1. The Balaban J connectivity index is 0.000000200. The van der Waals surface area contributed by atoms with Crippen molar-refractivity contribution in [2.75, 3.05) is 102 Å². The zero-order valence-corrected chi connectivity index (χ0v) is 42.8. The second kappa shape index (κ2) is 22.2. The number of carbonyl (C=O) groups is 6. The molecule has 3 N–H and O–H groups in total. The van der Waals surface area contributed by atoms with Gasteiger partial charge < -0.3 is 40.2 Å². The van der Waals surface area contributed by atoms with E-state index in [9.17, 15) is 28.8 Å². The van der Waals surface area contributed by atoms with Gasteiger partial charge in [-0.1, -0.05) is 78.9 Å². The molecule has 0 unspecified atom stereocenters. The molecule has 15 nitrogen and oxygen atoms in total. The number of anilines is 3. The molecule has 74 heavy (non-hydrogen) atoms. The lowest BCUT2D eigenvalue weighted by atomic mass is 9.74. The number of imide groups is 1. The number of hydrogen-bond donors (Lipinski definition) is 3. The molecule has 15 heteroatoms. The van der Waals surface area contributed by atoms with Crippen LogP contribution >= 0.6 is 0 Å². The van der Waals surface area contributed by atoms with E-state index in [2.05, 4.69) is 95.0 Å². The average molecular weight is 1020 g/mol. The highest BCUT2D eigenvalue weighted by Gasteiger charge is 2.46. The summed E-state index contributed by atoms with van der Waals surface area (Å²) in [4.78, 5) is 80.9. The second-order valence-corrected chi connectivity index (χ2v) is 21.1. The molecule has 12 rings (SSSR count). The quantitative estimate of drug-likeness (QED) is 0.111. The van der Waals surface area contributed by atoms with Crippen LogP contribution in [-0.4, -0.2) is 148 Å². The van der Waals surface area contributed by atoms with Crippen molar-refractivity contribution in [2.24, 2.45) is 0 Å². The van der Waals surface area contributed by atoms with Gasteiger partial charge in [0.05, 0.1) is 11.1 Å². The lowest BCUT2D eigenvalue weighted by Crippen LogP contribution is -2.43. The number of fused-ring (bicyclic) bond motifs is 7. The molecule has 3 fully saturated rings. The van der Waals surface area contributed by atoms with E-state index < -0.39 is 18.5 Å². The molecule has 7 heterocycles. The number of nitrogens with one attached hydrogen (secondary N) is 2. The number of carbonyl (C=O) groups excluding carboxylic acids is 6. The molecule has 3 saturated heterocycles. The van der Waals surface area contributed by atoms with Crippen LogP contribution in [0.4, 0.5) is 17.1 Å². The number of para-hydroxylation sites is 2. The summed E-state index contributed by atoms with van der Waals surface area (Å²) >= 11 is 0. The first-order valence-electron chi connectivity index (χ1n) is 27.8. The van der Waals surface area contributed by atoms with Gasteiger partial charge in [-0.15, -0.1) is 0 Å². The van der Waals surface area contributed by atoms with E-state index in [1.807, 2.05) is 28.0 Å². The van der Waals surface area contributed by atoms with Crippen LogP contribution in [0.3, 0.4) is 0 Å². The highest BCUT2D eigenvalue weighted by atomic mass is 16.3. The van der Waals surface area contributed by atoms with Gasteiger partial charge in [0, 0.05) is 79.4 Å². The Kier molecular flexibility index (Phi) is 14.8. The van der Waals surface area contributed by atoms with Crippen molar-refractivity contribution in [3.8, 4) is 0 Å². The number of nitrogens with zero attached hydrogens (tertiary/aromatic N) is 6. The number of rotatable bonds is 7. The number of aliphatic hydroxyl groups is 1. The van der Waals surface area contributed by atoms with Crippen molar-refractivity contribution < 1.29 is 42.7 Å². The molecule has 0 saturated carbocycles. The summed E-state index contributed by atoms with van der Waals surface area (Å²) in [5, 5.41) is 15.2. The molecule has 3 spiro atoms. The van der Waals surface area contributed by atoms with E-state index >= 15 is 0 Å². The minimum Gasteiger partial charge on any atom is -0.384 e. The summed E-state index contributed by atoms with van der Waals surface area (Å²) in [5.41, 5.74) is 10.7. The maximum atomic E-state index is 12.5. The van der Waals surface area contributed by atoms with Crippen molar-refractivity contribution in [1.82, 2.24) is 24.9 Å². The fraction of sp³-hybridized carbons (Fsp3) is 0.390. The summed E-state index contributed by atoms with van der Waals surface area (Å²) in [6.45, 7) is 9.27. The number of aliphatic hydroxyl groups excluding tert-OH is 1. The molecule has 0 aliphatic carbocycles. The van der Waals surface area contributed by atoms with Gasteiger partial charge >= 0.3 is 0 Å². The third kappa shape index (κ3) is 10.3. The average Bonchev–Trinajstić information content (AvgIpc) is 4.33. The molecule has 0 bridgehead atoms. The molecule has 5 aromatic carbocycles. The van der Waals surface area contributed by atoms with E-state index in [1.165, 1.54) is 42.7 Å². The van der Waals surface area contributed by atoms with E-state index in [1.54, 1.807) is 54.1 Å². The topological polar surface area (TPSA) is 166 Å². The number of benzene rings is 5. The van der Waals surface area contributed by atoms with Crippen LogP contribution < -0.4 is 20.4 Å². The van der Waals surface area contributed by atoms with Crippen LogP contribution in [0.25, 0.3) is 0 Å². The van der Waals surface area contributed by atoms with Crippen molar-refractivity contribution in [2.45, 2.75) is 61.3 Å². The Morgan fingerprint density at radius 3 is 1.68 bits per heavy atom. The van der Waals surface area contributed by atoms with Crippen LogP contribution in [0, 0.1) is 0 Å². The predicted octanol–water partition coefficient (Wildman–Crippen LogP) is 7.29. The van der Waals surface area contributed by atoms with E-state index in [-0.39, 0.29) is 19.6 Å². The Morgan fingerprint density at radius 1 is 0.622 bits per heavy atom. The fourth-order valence-corrected chi connectivity index (χ4v) is 12.1. The summed E-state index contributed by atoms with van der Waals surface area (Å²) in [5.74, 6) is -1.12. The number of likely N-dealkylation sites (tertiary alicyclic amines) is 3. The molecule has 5 amide bonds. The maximum Gasteiger partial charge on any atom is 0.263 e. The highest BCUT2D eigenvalue weighted by Crippen LogP contribution is 2.48. The van der Waals surface area contributed by atoms with Crippen LogP contribution in [0.15, 0.2) is 115 Å². The predicted molar refractivity (Wildman–Crippen MR) is 295 cm³/mol. The number of aldehydes is 1. The van der Waals surface area contributed by atoms with Crippen LogP contribution in [0.1, 0.15) is 111 Å². The van der Waals surface area contributed by atoms with Gasteiger partial charge in [-0.25, -0.2) is 0 Å². The Bertz CT molecular complexity index is 2880. The van der Waals surface area contributed by atoms with E-state index in [0.29, 0.717) is 40.5 Å². The number of hydrogen-bond acceptors (Lipinski definition) is 11. The smallest absolute Gasteiger partial charge is 0.263 e. The zero-order valence-electron chi connectivity index (χ0n) is 46.8. The van der Waals surface area contributed by atoms with Gasteiger partial charge in [0.15, 0.2) is 6.29 Å². The summed E-state index contributed by atoms with van der Waals surface area (Å²) in [7, 11) is 6.52. The van der Waals surface area contributed by atoms with Gasteiger partial charge in [0.2, 0.25) is 12.8 Å². The first-order chi connectivity index (χ1) is 37.9. The van der Waals surface area contributed by atoms with Crippen LogP contribution in [-0.2, 0) is 32.4 Å². The second-order valence-electron chi connectivity index (χ2n) is 21.1. The normalized spacial score (nSPS) is 19.9. The van der Waals surface area contributed by atoms with Gasteiger partial charge in [-0.3, -0.25) is 33.7 Å². The Labute approximate surface area is 443 Å². The molecular formula is C59H76N8O7. The molecule has 394 valence electrons. The lowest BCUT2D eigenvalue weighted by Gasteiger charge is -2.38. The van der Waals surface area contributed by atoms with E-state index in [4.69, 9.17) is 11.0 Å². The van der Waals surface area contributed by atoms with Gasteiger partial charge in [0.1, 0.15) is 6.73 Å². The summed E-state index contributed by atoms with van der Waals surface area (Å²) in [6.07, 6.45) is 9.54. The maximum absolute atomic E-state index is 12.5. The molecule has 5 aromatic rings. The summed E-state index contributed by atoms with van der Waals surface area (Å²) < 4.78 is 20.0. The van der Waals surface area contributed by atoms with Crippen molar-refractivity contribution in [1.29, 1.82) is 0 Å². The van der Waals surface area contributed by atoms with Crippen molar-refractivity contribution in [3.63, 3.8) is 0 Å². The largest absolute Gasteiger partial charge is 0.384 e. The third-order valence-electron chi connectivity index (χ3n) is 16.7. The Morgan fingerprint density at radius 2 is 1.11 bits per heavy atom. The van der Waals surface area contributed by atoms with Crippen LogP contribution in [0.2, 0.25) is 0 Å². The minimum atomic E-state index is -0.563. The molecule has 0 atom stereocenters. The summed E-state index contributed by atoms with van der Waals surface area (Å²) in [6, 6.07) is 36.5. The molecule has 7 aliphatic rings.